The summed E-state index contributed by atoms with van der Waals surface area (Å²) in [6, 6.07) is 4.83. The van der Waals surface area contributed by atoms with Crippen LogP contribution in [0.15, 0.2) is 24.3 Å². The van der Waals surface area contributed by atoms with Crippen molar-refractivity contribution in [2.45, 2.75) is 57.0 Å². The first-order valence-electron chi connectivity index (χ1n) is 10.8. The van der Waals surface area contributed by atoms with Crippen LogP contribution in [0.3, 0.4) is 0 Å². The molecule has 0 amide bonds. The maximum absolute atomic E-state index is 14.8. The standard InChI is InChI=1S/C23H29F3N2O5S/c1-14-6-7-17(15(24)12-14)27-21-19(26)16(25)13-18(32-4)20(21)28-34(30,31)23(9-10-23)8-5-11-33-22(2,3)29/h6-7,12-13,27-29H,5,8-11H2,1-4H3. The first kappa shape index (κ1) is 26.1. The summed E-state index contributed by atoms with van der Waals surface area (Å²) in [4.78, 5) is 0. The van der Waals surface area contributed by atoms with E-state index in [1.165, 1.54) is 33.1 Å². The fourth-order valence-corrected chi connectivity index (χ4v) is 5.33. The van der Waals surface area contributed by atoms with E-state index in [0.717, 1.165) is 6.07 Å². The van der Waals surface area contributed by atoms with Crippen LogP contribution in [0.1, 0.15) is 45.1 Å². The second kappa shape index (κ2) is 9.63. The first-order valence-corrected chi connectivity index (χ1v) is 12.2. The number of aliphatic hydroxyl groups is 1. The average Bonchev–Trinajstić information content (AvgIpc) is 3.53. The molecule has 3 rings (SSSR count). The summed E-state index contributed by atoms with van der Waals surface area (Å²) >= 11 is 0. The van der Waals surface area contributed by atoms with E-state index in [9.17, 15) is 26.7 Å². The molecule has 0 atom stereocenters. The van der Waals surface area contributed by atoms with Crippen molar-refractivity contribution in [3.8, 4) is 5.75 Å². The largest absolute Gasteiger partial charge is 0.494 e. The highest BCUT2D eigenvalue weighted by Crippen LogP contribution is 2.49. The number of anilines is 3. The molecule has 0 radical (unpaired) electrons. The Morgan fingerprint density at radius 2 is 1.79 bits per heavy atom. The van der Waals surface area contributed by atoms with Gasteiger partial charge in [0.1, 0.15) is 22.9 Å². The summed E-state index contributed by atoms with van der Waals surface area (Å²) in [5.41, 5.74) is -0.502. The highest BCUT2D eigenvalue weighted by atomic mass is 32.2. The van der Waals surface area contributed by atoms with Gasteiger partial charge in [-0.25, -0.2) is 21.6 Å². The van der Waals surface area contributed by atoms with E-state index >= 15 is 0 Å². The van der Waals surface area contributed by atoms with Gasteiger partial charge in [0, 0.05) is 6.07 Å². The fourth-order valence-electron chi connectivity index (χ4n) is 3.59. The minimum atomic E-state index is -4.08. The molecule has 2 aromatic rings. The van der Waals surface area contributed by atoms with Crippen molar-refractivity contribution < 1.29 is 36.2 Å². The summed E-state index contributed by atoms with van der Waals surface area (Å²) in [6.45, 7) is 4.76. The molecule has 0 heterocycles. The number of halogens is 3. The molecule has 0 bridgehead atoms. The van der Waals surface area contributed by atoms with Crippen molar-refractivity contribution in [2.75, 3.05) is 23.8 Å². The van der Waals surface area contributed by atoms with Gasteiger partial charge >= 0.3 is 0 Å². The number of nitrogens with one attached hydrogen (secondary N) is 2. The van der Waals surface area contributed by atoms with Gasteiger partial charge in [-0.1, -0.05) is 6.07 Å². The Balaban J connectivity index is 1.91. The van der Waals surface area contributed by atoms with Crippen molar-refractivity contribution in [1.82, 2.24) is 0 Å². The van der Waals surface area contributed by atoms with Crippen LogP contribution in [0.2, 0.25) is 0 Å². The minimum Gasteiger partial charge on any atom is -0.494 e. The van der Waals surface area contributed by atoms with Gasteiger partial charge in [0.25, 0.3) is 0 Å². The number of hydrogen-bond donors (Lipinski definition) is 3. The third-order valence-corrected chi connectivity index (χ3v) is 7.86. The van der Waals surface area contributed by atoms with Gasteiger partial charge in [-0.2, -0.15) is 0 Å². The number of rotatable bonds is 11. The predicted octanol–water partition coefficient (Wildman–Crippen LogP) is 4.96. The third-order valence-electron chi connectivity index (χ3n) is 5.63. The Morgan fingerprint density at radius 3 is 2.35 bits per heavy atom. The topological polar surface area (TPSA) is 96.9 Å². The molecule has 0 spiro atoms. The van der Waals surface area contributed by atoms with Crippen molar-refractivity contribution in [2.24, 2.45) is 0 Å². The van der Waals surface area contributed by atoms with E-state index in [-0.39, 0.29) is 30.2 Å². The first-order chi connectivity index (χ1) is 15.8. The van der Waals surface area contributed by atoms with Crippen molar-refractivity contribution in [1.29, 1.82) is 0 Å². The van der Waals surface area contributed by atoms with Crippen molar-refractivity contribution in [3.05, 3.63) is 47.3 Å². The molecule has 1 fully saturated rings. The fraction of sp³-hybridized carbons (Fsp3) is 0.478. The van der Waals surface area contributed by atoms with Gasteiger partial charge < -0.3 is 19.9 Å². The van der Waals surface area contributed by atoms with Gasteiger partial charge in [-0.3, -0.25) is 4.72 Å². The molecular weight excluding hydrogens is 473 g/mol. The average molecular weight is 503 g/mol. The smallest absolute Gasteiger partial charge is 0.238 e. The number of sulfonamides is 1. The molecule has 0 aromatic heterocycles. The van der Waals surface area contributed by atoms with E-state index in [4.69, 9.17) is 9.47 Å². The molecule has 2 aromatic carbocycles. The van der Waals surface area contributed by atoms with E-state index in [1.54, 1.807) is 13.0 Å². The van der Waals surface area contributed by atoms with Crippen LogP contribution < -0.4 is 14.8 Å². The van der Waals surface area contributed by atoms with E-state index in [2.05, 4.69) is 10.0 Å². The van der Waals surface area contributed by atoms with Gasteiger partial charge in [-0.05, 0) is 64.2 Å². The summed E-state index contributed by atoms with van der Waals surface area (Å²) in [5, 5.41) is 12.1. The summed E-state index contributed by atoms with van der Waals surface area (Å²) < 4.78 is 81.6. The van der Waals surface area contributed by atoms with Gasteiger partial charge in [0.05, 0.1) is 24.2 Å². The molecule has 1 saturated carbocycles. The third kappa shape index (κ3) is 5.76. The molecule has 0 aliphatic heterocycles. The molecule has 0 saturated heterocycles. The van der Waals surface area contributed by atoms with Gasteiger partial charge in [0.15, 0.2) is 17.4 Å². The van der Waals surface area contributed by atoms with Gasteiger partial charge in [0.2, 0.25) is 10.0 Å². The Labute approximate surface area is 197 Å². The highest BCUT2D eigenvalue weighted by molar-refractivity contribution is 7.94. The van der Waals surface area contributed by atoms with Crippen molar-refractivity contribution in [3.63, 3.8) is 0 Å². The normalized spacial score (nSPS) is 15.2. The second-order valence-electron chi connectivity index (χ2n) is 8.92. The zero-order valence-corrected chi connectivity index (χ0v) is 20.3. The molecule has 188 valence electrons. The molecule has 7 nitrogen and oxygen atoms in total. The number of benzene rings is 2. The Kier molecular flexibility index (Phi) is 7.40. The molecule has 34 heavy (non-hydrogen) atoms. The lowest BCUT2D eigenvalue weighted by Crippen LogP contribution is -2.31. The number of hydrogen-bond acceptors (Lipinski definition) is 6. The Morgan fingerprint density at radius 1 is 1.12 bits per heavy atom. The minimum absolute atomic E-state index is 0.148. The van der Waals surface area contributed by atoms with E-state index < -0.39 is 43.7 Å². The van der Waals surface area contributed by atoms with Crippen LogP contribution in [0.25, 0.3) is 0 Å². The van der Waals surface area contributed by atoms with E-state index in [1.807, 2.05) is 0 Å². The van der Waals surface area contributed by atoms with Crippen LogP contribution >= 0.6 is 0 Å². The van der Waals surface area contributed by atoms with E-state index in [0.29, 0.717) is 24.8 Å². The lowest BCUT2D eigenvalue weighted by atomic mass is 10.2. The lowest BCUT2D eigenvalue weighted by Gasteiger charge is -2.23. The summed E-state index contributed by atoms with van der Waals surface area (Å²) in [7, 11) is -2.90. The maximum Gasteiger partial charge on any atom is 0.238 e. The zero-order valence-electron chi connectivity index (χ0n) is 19.5. The monoisotopic (exact) mass is 502 g/mol. The number of aryl methyl sites for hydroxylation is 1. The molecule has 0 unspecified atom stereocenters. The number of ether oxygens (including phenoxy) is 2. The summed E-state index contributed by atoms with van der Waals surface area (Å²) in [6.07, 6.45) is 1.33. The maximum atomic E-state index is 14.8. The van der Waals surface area contributed by atoms with Crippen LogP contribution in [0.5, 0.6) is 5.75 Å². The number of methoxy groups -OCH3 is 1. The zero-order chi connectivity index (χ0) is 25.3. The molecule has 1 aliphatic carbocycles. The molecule has 11 heteroatoms. The lowest BCUT2D eigenvalue weighted by molar-refractivity contribution is -0.176. The quantitative estimate of drug-likeness (QED) is 0.297. The molecule has 3 N–H and O–H groups in total. The van der Waals surface area contributed by atoms with Crippen LogP contribution in [-0.2, 0) is 14.8 Å². The van der Waals surface area contributed by atoms with Crippen LogP contribution in [-0.4, -0.2) is 37.8 Å². The molecule has 1 aliphatic rings. The van der Waals surface area contributed by atoms with Gasteiger partial charge in [-0.15, -0.1) is 0 Å². The SMILES string of the molecule is COc1cc(F)c(F)c(Nc2ccc(C)cc2F)c1NS(=O)(=O)C1(CCCOC(C)(C)O)CC1. The van der Waals surface area contributed by atoms with Crippen LogP contribution in [0, 0.1) is 24.4 Å². The summed E-state index contributed by atoms with van der Waals surface area (Å²) in [5.74, 6) is -5.00. The second-order valence-corrected chi connectivity index (χ2v) is 11.0. The molecular formula is C23H29F3N2O5S. The highest BCUT2D eigenvalue weighted by Gasteiger charge is 2.54. The van der Waals surface area contributed by atoms with Crippen LogP contribution in [0.4, 0.5) is 30.2 Å². The predicted molar refractivity (Wildman–Crippen MR) is 123 cm³/mol. The Bertz CT molecular complexity index is 1160. The van der Waals surface area contributed by atoms with Crippen molar-refractivity contribution >= 4 is 27.1 Å². The Hall–Kier alpha value is -2.50.